The number of aromatic amines is 1. The summed E-state index contributed by atoms with van der Waals surface area (Å²) in [5.41, 5.74) is 6.30. The van der Waals surface area contributed by atoms with E-state index in [0.29, 0.717) is 35.5 Å². The van der Waals surface area contributed by atoms with E-state index in [0.717, 1.165) is 33.3 Å². The highest BCUT2D eigenvalue weighted by atomic mass is 19.1. The number of aromatic nitrogens is 5. The minimum absolute atomic E-state index is 0.305. The van der Waals surface area contributed by atoms with Crippen molar-refractivity contribution in [3.8, 4) is 28.6 Å². The summed E-state index contributed by atoms with van der Waals surface area (Å²) < 4.78 is 16.7. The van der Waals surface area contributed by atoms with Crippen LogP contribution in [0.4, 0.5) is 4.39 Å². The Labute approximate surface area is 197 Å². The quantitative estimate of drug-likeness (QED) is 0.288. The largest absolute Gasteiger partial charge is 0.316 e. The molecule has 3 heterocycles. The van der Waals surface area contributed by atoms with Gasteiger partial charge in [-0.25, -0.2) is 9.07 Å². The zero-order chi connectivity index (χ0) is 24.2. The molecule has 4 rings (SSSR count). The molecule has 0 fully saturated rings. The number of hydrogen-bond donors (Lipinski definition) is 2. The number of rotatable bonds is 7. The number of hydrogen-bond acceptors (Lipinski definition) is 5. The average Bonchev–Trinajstić information content (AvgIpc) is 3.45. The van der Waals surface area contributed by atoms with Crippen molar-refractivity contribution in [1.82, 2.24) is 30.3 Å². The SMILES string of the molecule is C/C=C\C(C#N)=C(/CC)n1cc(-c2n[nH]c3cnc(-c4c(C)cc(CNC)cc4F)cc23)cn1. The number of pyridine rings is 1. The van der Waals surface area contributed by atoms with Crippen LogP contribution in [0.15, 0.2) is 54.5 Å². The normalized spacial score (nSPS) is 12.4. The summed E-state index contributed by atoms with van der Waals surface area (Å²) in [5, 5.41) is 25.3. The van der Waals surface area contributed by atoms with Crippen LogP contribution >= 0.6 is 0 Å². The molecule has 0 spiro atoms. The number of nitrogens with zero attached hydrogens (tertiary/aromatic N) is 5. The minimum Gasteiger partial charge on any atom is -0.316 e. The lowest BCUT2D eigenvalue weighted by atomic mass is 10.00. The van der Waals surface area contributed by atoms with Crippen LogP contribution in [0.2, 0.25) is 0 Å². The van der Waals surface area contributed by atoms with Crippen molar-refractivity contribution < 1.29 is 4.39 Å². The van der Waals surface area contributed by atoms with Gasteiger partial charge in [0.2, 0.25) is 0 Å². The number of allylic oxidation sites excluding steroid dienone is 4. The molecule has 0 aliphatic rings. The van der Waals surface area contributed by atoms with Gasteiger partial charge in [0.15, 0.2) is 0 Å². The Balaban J connectivity index is 1.79. The number of H-pyrrole nitrogens is 1. The lowest BCUT2D eigenvalue weighted by Crippen LogP contribution is -2.06. The van der Waals surface area contributed by atoms with E-state index < -0.39 is 0 Å². The van der Waals surface area contributed by atoms with Crippen molar-refractivity contribution in [2.45, 2.75) is 33.7 Å². The van der Waals surface area contributed by atoms with Crippen molar-refractivity contribution in [3.05, 3.63) is 71.5 Å². The van der Waals surface area contributed by atoms with Gasteiger partial charge in [-0.2, -0.15) is 15.5 Å². The minimum atomic E-state index is -0.305. The predicted octanol–water partition coefficient (Wildman–Crippen LogP) is 5.38. The molecule has 0 amide bonds. The highest BCUT2D eigenvalue weighted by Gasteiger charge is 2.17. The number of aryl methyl sites for hydroxylation is 1. The molecule has 0 atom stereocenters. The first-order chi connectivity index (χ1) is 16.5. The molecule has 8 heteroatoms. The van der Waals surface area contributed by atoms with Gasteiger partial charge in [0.05, 0.1) is 34.9 Å². The van der Waals surface area contributed by atoms with Gasteiger partial charge >= 0.3 is 0 Å². The highest BCUT2D eigenvalue weighted by molar-refractivity contribution is 5.94. The van der Waals surface area contributed by atoms with E-state index in [1.165, 1.54) is 0 Å². The molecular formula is C26H26FN7. The van der Waals surface area contributed by atoms with Crippen LogP contribution in [0.1, 0.15) is 31.4 Å². The Morgan fingerprint density at radius 2 is 2.12 bits per heavy atom. The second kappa shape index (κ2) is 9.81. The zero-order valence-electron chi connectivity index (χ0n) is 19.6. The van der Waals surface area contributed by atoms with E-state index in [4.69, 9.17) is 0 Å². The van der Waals surface area contributed by atoms with Crippen molar-refractivity contribution in [3.63, 3.8) is 0 Å². The molecule has 0 bridgehead atoms. The molecule has 0 aliphatic carbocycles. The van der Waals surface area contributed by atoms with Crippen molar-refractivity contribution in [2.24, 2.45) is 0 Å². The Bertz CT molecular complexity index is 1430. The lowest BCUT2D eigenvalue weighted by Gasteiger charge is -2.10. The van der Waals surface area contributed by atoms with Gasteiger partial charge in [-0.3, -0.25) is 10.1 Å². The predicted molar refractivity (Wildman–Crippen MR) is 132 cm³/mol. The molecule has 3 aromatic heterocycles. The van der Waals surface area contributed by atoms with E-state index in [-0.39, 0.29) is 5.82 Å². The Morgan fingerprint density at radius 1 is 1.29 bits per heavy atom. The smallest absolute Gasteiger partial charge is 0.133 e. The van der Waals surface area contributed by atoms with Gasteiger partial charge in [-0.1, -0.05) is 19.1 Å². The second-order valence-corrected chi connectivity index (χ2v) is 7.99. The molecule has 0 saturated carbocycles. The van der Waals surface area contributed by atoms with E-state index in [1.807, 2.05) is 52.2 Å². The Morgan fingerprint density at radius 3 is 2.79 bits per heavy atom. The molecule has 0 unspecified atom stereocenters. The summed E-state index contributed by atoms with van der Waals surface area (Å²) in [4.78, 5) is 4.48. The molecule has 4 aromatic rings. The summed E-state index contributed by atoms with van der Waals surface area (Å²) in [6, 6.07) is 7.60. The molecule has 0 saturated heterocycles. The highest BCUT2D eigenvalue weighted by Crippen LogP contribution is 2.32. The average molecular weight is 456 g/mol. The summed E-state index contributed by atoms with van der Waals surface area (Å²) in [7, 11) is 1.83. The van der Waals surface area contributed by atoms with E-state index in [1.54, 1.807) is 29.2 Å². The van der Waals surface area contributed by atoms with Crippen LogP contribution in [-0.2, 0) is 6.54 Å². The zero-order valence-corrected chi connectivity index (χ0v) is 19.6. The number of benzene rings is 1. The van der Waals surface area contributed by atoms with Crippen LogP contribution in [0.25, 0.3) is 39.1 Å². The molecule has 7 nitrogen and oxygen atoms in total. The molecule has 2 N–H and O–H groups in total. The first kappa shape index (κ1) is 23.1. The van der Waals surface area contributed by atoms with Gasteiger partial charge in [0.1, 0.15) is 17.6 Å². The van der Waals surface area contributed by atoms with Crippen LogP contribution < -0.4 is 5.32 Å². The molecule has 0 radical (unpaired) electrons. The first-order valence-corrected chi connectivity index (χ1v) is 11.1. The van der Waals surface area contributed by atoms with Crippen molar-refractivity contribution in [1.29, 1.82) is 5.26 Å². The van der Waals surface area contributed by atoms with Crippen LogP contribution in [0, 0.1) is 24.1 Å². The first-order valence-electron chi connectivity index (χ1n) is 11.1. The van der Waals surface area contributed by atoms with E-state index in [2.05, 4.69) is 31.7 Å². The maximum atomic E-state index is 15.0. The molecule has 1 aromatic carbocycles. The number of halogens is 1. The summed E-state index contributed by atoms with van der Waals surface area (Å²) in [6.45, 7) is 6.34. The van der Waals surface area contributed by atoms with Crippen LogP contribution in [0.3, 0.4) is 0 Å². The third-order valence-electron chi connectivity index (χ3n) is 5.66. The molecule has 0 aliphatic heterocycles. The lowest BCUT2D eigenvalue weighted by molar-refractivity contribution is 0.625. The number of nitrogens with one attached hydrogen (secondary N) is 2. The Kier molecular flexibility index (Phi) is 6.66. The van der Waals surface area contributed by atoms with Gasteiger partial charge in [-0.15, -0.1) is 0 Å². The Hall–Kier alpha value is -4.09. The number of fused-ring (bicyclic) bond motifs is 1. The fourth-order valence-corrected chi connectivity index (χ4v) is 4.15. The third-order valence-corrected chi connectivity index (χ3v) is 5.66. The van der Waals surface area contributed by atoms with Crippen LogP contribution in [-0.4, -0.2) is 32.0 Å². The molecular weight excluding hydrogens is 429 g/mol. The van der Waals surface area contributed by atoms with Gasteiger partial charge < -0.3 is 5.32 Å². The molecule has 34 heavy (non-hydrogen) atoms. The fourth-order valence-electron chi connectivity index (χ4n) is 4.15. The monoisotopic (exact) mass is 455 g/mol. The molecule has 172 valence electrons. The van der Waals surface area contributed by atoms with E-state index in [9.17, 15) is 5.26 Å². The van der Waals surface area contributed by atoms with Gasteiger partial charge in [0.25, 0.3) is 0 Å². The van der Waals surface area contributed by atoms with Crippen LogP contribution in [0.5, 0.6) is 0 Å². The van der Waals surface area contributed by atoms with E-state index >= 15 is 4.39 Å². The summed E-state index contributed by atoms with van der Waals surface area (Å²) in [6.07, 6.45) is 9.50. The van der Waals surface area contributed by atoms with Crippen molar-refractivity contribution in [2.75, 3.05) is 7.05 Å². The summed E-state index contributed by atoms with van der Waals surface area (Å²) in [5.74, 6) is -0.305. The maximum absolute atomic E-state index is 15.0. The fraction of sp³-hybridized carbons (Fsp3) is 0.231. The summed E-state index contributed by atoms with van der Waals surface area (Å²) >= 11 is 0. The number of nitriles is 1. The second-order valence-electron chi connectivity index (χ2n) is 7.99. The maximum Gasteiger partial charge on any atom is 0.133 e. The van der Waals surface area contributed by atoms with Gasteiger partial charge in [-0.05, 0) is 56.7 Å². The van der Waals surface area contributed by atoms with Crippen molar-refractivity contribution >= 4 is 16.6 Å². The van der Waals surface area contributed by atoms with Gasteiger partial charge in [0, 0.05) is 29.3 Å². The topological polar surface area (TPSA) is 95.2 Å². The third kappa shape index (κ3) is 4.26. The standard InChI is InChI=1S/C26H26FN7/c1-5-7-18(11-28)24(6-2)34-15-19(13-31-34)26-20-10-22(30-14-23(20)32-33-26)25-16(3)8-17(12-29-4)9-21(25)27/h5,7-10,13-15,29H,6,12H2,1-4H3,(H,32,33)/b7-5-,24-18-.